The van der Waals surface area contributed by atoms with Gasteiger partial charge >= 0.3 is 0 Å². The minimum atomic E-state index is -0.133. The Morgan fingerprint density at radius 1 is 1.22 bits per heavy atom. The molecule has 18 heavy (non-hydrogen) atoms. The second kappa shape index (κ2) is 5.59. The fourth-order valence-corrected chi connectivity index (χ4v) is 1.97. The number of anilines is 2. The zero-order valence-corrected chi connectivity index (χ0v) is 11.0. The molecule has 0 spiro atoms. The molecule has 0 aliphatic rings. The lowest BCUT2D eigenvalue weighted by molar-refractivity contribution is -0.114. The van der Waals surface area contributed by atoms with Gasteiger partial charge in [0.05, 0.1) is 6.54 Å². The Hall–Kier alpha value is -1.95. The van der Waals surface area contributed by atoms with Crippen molar-refractivity contribution in [3.63, 3.8) is 0 Å². The Kier molecular flexibility index (Phi) is 3.88. The van der Waals surface area contributed by atoms with Crippen LogP contribution in [0.5, 0.6) is 0 Å². The van der Waals surface area contributed by atoms with Crippen molar-refractivity contribution in [2.24, 2.45) is 0 Å². The summed E-state index contributed by atoms with van der Waals surface area (Å²) >= 11 is 1.36. The summed E-state index contributed by atoms with van der Waals surface area (Å²) in [4.78, 5) is 11.6. The van der Waals surface area contributed by atoms with Crippen molar-refractivity contribution in [2.75, 3.05) is 17.2 Å². The smallest absolute Gasteiger partial charge is 0.245 e. The Balaban J connectivity index is 1.83. The van der Waals surface area contributed by atoms with Gasteiger partial charge in [-0.25, -0.2) is 0 Å². The molecule has 1 aromatic carbocycles. The molecule has 0 saturated carbocycles. The van der Waals surface area contributed by atoms with Crippen LogP contribution in [0.2, 0.25) is 0 Å². The van der Waals surface area contributed by atoms with Gasteiger partial charge in [0.25, 0.3) is 0 Å². The summed E-state index contributed by atoms with van der Waals surface area (Å²) in [7, 11) is 0. The summed E-state index contributed by atoms with van der Waals surface area (Å²) in [6, 6.07) is 7.87. The van der Waals surface area contributed by atoms with Crippen LogP contribution < -0.4 is 10.6 Å². The topological polar surface area (TPSA) is 66.9 Å². The molecule has 0 fully saturated rings. The van der Waals surface area contributed by atoms with Gasteiger partial charge in [-0.1, -0.05) is 29.0 Å². The SMILES string of the molecule is Cc1ccc(NCC(=O)Nc2nnc(C)s2)cc1. The monoisotopic (exact) mass is 262 g/mol. The third-order valence-corrected chi connectivity index (χ3v) is 3.03. The third-order valence-electron chi connectivity index (χ3n) is 2.28. The van der Waals surface area contributed by atoms with E-state index in [4.69, 9.17) is 0 Å². The Bertz CT molecular complexity index is 535. The molecule has 0 aliphatic carbocycles. The van der Waals surface area contributed by atoms with Gasteiger partial charge in [0.15, 0.2) is 0 Å². The second-order valence-corrected chi connectivity index (χ2v) is 5.08. The molecule has 6 heteroatoms. The first-order valence-corrected chi connectivity index (χ1v) is 6.35. The number of aromatic nitrogens is 2. The highest BCUT2D eigenvalue weighted by Crippen LogP contribution is 2.13. The van der Waals surface area contributed by atoms with Crippen LogP contribution in [0, 0.1) is 13.8 Å². The van der Waals surface area contributed by atoms with Crippen molar-refractivity contribution in [3.8, 4) is 0 Å². The van der Waals surface area contributed by atoms with E-state index in [0.717, 1.165) is 10.7 Å². The van der Waals surface area contributed by atoms with E-state index in [-0.39, 0.29) is 12.5 Å². The summed E-state index contributed by atoms with van der Waals surface area (Å²) in [6.45, 7) is 4.08. The first-order chi connectivity index (χ1) is 8.63. The van der Waals surface area contributed by atoms with E-state index >= 15 is 0 Å². The molecular formula is C12H14N4OS. The molecule has 1 amide bonds. The highest BCUT2D eigenvalue weighted by Gasteiger charge is 2.05. The summed E-state index contributed by atoms with van der Waals surface area (Å²) < 4.78 is 0. The van der Waals surface area contributed by atoms with Crippen LogP contribution in [-0.4, -0.2) is 22.6 Å². The standard InChI is InChI=1S/C12H14N4OS/c1-8-3-5-10(6-4-8)13-7-11(17)14-12-16-15-9(2)18-12/h3-6,13H,7H2,1-2H3,(H,14,16,17). The van der Waals surface area contributed by atoms with Crippen molar-refractivity contribution in [1.29, 1.82) is 0 Å². The molecule has 0 radical (unpaired) electrons. The molecule has 0 saturated heterocycles. The number of amides is 1. The lowest BCUT2D eigenvalue weighted by atomic mass is 10.2. The van der Waals surface area contributed by atoms with Crippen LogP contribution in [0.25, 0.3) is 0 Å². The van der Waals surface area contributed by atoms with Crippen LogP contribution >= 0.6 is 11.3 Å². The number of carbonyl (C=O) groups is 1. The van der Waals surface area contributed by atoms with Crippen molar-refractivity contribution in [2.45, 2.75) is 13.8 Å². The number of aryl methyl sites for hydroxylation is 2. The first-order valence-electron chi connectivity index (χ1n) is 5.54. The van der Waals surface area contributed by atoms with Gasteiger partial charge in [-0.05, 0) is 26.0 Å². The van der Waals surface area contributed by atoms with Crippen molar-refractivity contribution < 1.29 is 4.79 Å². The predicted molar refractivity (Wildman–Crippen MR) is 72.9 cm³/mol. The molecule has 94 valence electrons. The van der Waals surface area contributed by atoms with Gasteiger partial charge in [-0.2, -0.15) is 0 Å². The maximum atomic E-state index is 11.6. The summed E-state index contributed by atoms with van der Waals surface area (Å²) in [5, 5.41) is 14.8. The summed E-state index contributed by atoms with van der Waals surface area (Å²) in [5.74, 6) is -0.133. The minimum Gasteiger partial charge on any atom is -0.376 e. The number of carbonyl (C=O) groups excluding carboxylic acids is 1. The molecule has 2 N–H and O–H groups in total. The molecule has 1 aromatic heterocycles. The zero-order valence-electron chi connectivity index (χ0n) is 10.2. The molecule has 2 aromatic rings. The van der Waals surface area contributed by atoms with Gasteiger partial charge in [-0.15, -0.1) is 10.2 Å². The first kappa shape index (κ1) is 12.5. The van der Waals surface area contributed by atoms with E-state index in [1.54, 1.807) is 0 Å². The van der Waals surface area contributed by atoms with Gasteiger partial charge in [-0.3, -0.25) is 10.1 Å². The van der Waals surface area contributed by atoms with Crippen LogP contribution in [0.15, 0.2) is 24.3 Å². The summed E-state index contributed by atoms with van der Waals surface area (Å²) in [5.41, 5.74) is 2.11. The minimum absolute atomic E-state index is 0.133. The molecule has 0 unspecified atom stereocenters. The average molecular weight is 262 g/mol. The highest BCUT2D eigenvalue weighted by atomic mass is 32.1. The van der Waals surface area contributed by atoms with E-state index < -0.39 is 0 Å². The molecule has 0 aliphatic heterocycles. The molecular weight excluding hydrogens is 248 g/mol. The van der Waals surface area contributed by atoms with E-state index in [1.165, 1.54) is 16.9 Å². The quantitative estimate of drug-likeness (QED) is 0.886. The molecule has 2 rings (SSSR count). The summed E-state index contributed by atoms with van der Waals surface area (Å²) in [6.07, 6.45) is 0. The fourth-order valence-electron chi connectivity index (χ4n) is 1.36. The van der Waals surface area contributed by atoms with Crippen LogP contribution in [0.1, 0.15) is 10.6 Å². The average Bonchev–Trinajstić information content (AvgIpc) is 2.74. The number of benzene rings is 1. The normalized spacial score (nSPS) is 10.1. The maximum Gasteiger partial charge on any atom is 0.245 e. The lowest BCUT2D eigenvalue weighted by Crippen LogP contribution is -2.21. The van der Waals surface area contributed by atoms with Crippen molar-refractivity contribution in [1.82, 2.24) is 10.2 Å². The molecule has 1 heterocycles. The Morgan fingerprint density at radius 3 is 2.56 bits per heavy atom. The number of hydrogen-bond donors (Lipinski definition) is 2. The second-order valence-electron chi connectivity index (χ2n) is 3.89. The number of nitrogens with one attached hydrogen (secondary N) is 2. The predicted octanol–water partition coefficient (Wildman–Crippen LogP) is 2.21. The Morgan fingerprint density at radius 2 is 1.94 bits per heavy atom. The number of nitrogens with zero attached hydrogens (tertiary/aromatic N) is 2. The molecule has 0 bridgehead atoms. The third kappa shape index (κ3) is 3.53. The van der Waals surface area contributed by atoms with Gasteiger partial charge in [0.2, 0.25) is 11.0 Å². The van der Waals surface area contributed by atoms with E-state index in [2.05, 4.69) is 20.8 Å². The largest absolute Gasteiger partial charge is 0.376 e. The lowest BCUT2D eigenvalue weighted by Gasteiger charge is -2.05. The highest BCUT2D eigenvalue weighted by molar-refractivity contribution is 7.15. The van der Waals surface area contributed by atoms with Crippen LogP contribution in [0.4, 0.5) is 10.8 Å². The fraction of sp³-hybridized carbons (Fsp3) is 0.250. The van der Waals surface area contributed by atoms with Gasteiger partial charge < -0.3 is 5.32 Å². The van der Waals surface area contributed by atoms with Crippen LogP contribution in [0.3, 0.4) is 0 Å². The molecule has 5 nitrogen and oxygen atoms in total. The number of rotatable bonds is 4. The van der Waals surface area contributed by atoms with E-state index in [1.807, 2.05) is 38.1 Å². The number of hydrogen-bond acceptors (Lipinski definition) is 5. The van der Waals surface area contributed by atoms with Crippen LogP contribution in [-0.2, 0) is 4.79 Å². The van der Waals surface area contributed by atoms with E-state index in [9.17, 15) is 4.79 Å². The van der Waals surface area contributed by atoms with Gasteiger partial charge in [0, 0.05) is 5.69 Å². The van der Waals surface area contributed by atoms with Crippen molar-refractivity contribution >= 4 is 28.1 Å². The maximum absolute atomic E-state index is 11.6. The molecule has 0 atom stereocenters. The zero-order chi connectivity index (χ0) is 13.0. The Labute approximate surface area is 109 Å². The van der Waals surface area contributed by atoms with E-state index in [0.29, 0.717) is 5.13 Å². The van der Waals surface area contributed by atoms with Crippen molar-refractivity contribution in [3.05, 3.63) is 34.8 Å². The van der Waals surface area contributed by atoms with Gasteiger partial charge in [0.1, 0.15) is 5.01 Å².